The smallest absolute Gasteiger partial charge is 0.317 e. The highest BCUT2D eigenvalue weighted by Crippen LogP contribution is 2.51. The highest BCUT2D eigenvalue weighted by atomic mass is 16.4. The Kier molecular flexibility index (Phi) is 4.02. The minimum atomic E-state index is -0.848. The standard InChI is InChI=1S/C14H24N2O3/c1-10(2)14(6-7-14)9-15-13(19)16(11-3-4-11)8-5-12(17)18/h10-11H,3-9H2,1-2H3,(H,15,19)(H,17,18). The predicted molar refractivity (Wildman–Crippen MR) is 71.9 cm³/mol. The monoisotopic (exact) mass is 268 g/mol. The van der Waals surface area contributed by atoms with Crippen molar-refractivity contribution in [2.45, 2.75) is 52.0 Å². The summed E-state index contributed by atoms with van der Waals surface area (Å²) in [5, 5.41) is 11.7. The SMILES string of the molecule is CC(C)C1(CNC(=O)N(CCC(=O)O)C2CC2)CC1. The molecule has 0 saturated heterocycles. The number of hydrogen-bond donors (Lipinski definition) is 2. The maximum absolute atomic E-state index is 12.2. The lowest BCUT2D eigenvalue weighted by Crippen LogP contribution is -2.44. The largest absolute Gasteiger partial charge is 0.481 e. The summed E-state index contributed by atoms with van der Waals surface area (Å²) in [6, 6.07) is 0.171. The van der Waals surface area contributed by atoms with Crippen LogP contribution in [0.2, 0.25) is 0 Å². The molecular formula is C14H24N2O3. The molecule has 0 atom stereocenters. The van der Waals surface area contributed by atoms with Crippen LogP contribution in [-0.4, -0.2) is 41.1 Å². The first kappa shape index (κ1) is 14.2. The van der Waals surface area contributed by atoms with Crippen molar-refractivity contribution < 1.29 is 14.7 Å². The van der Waals surface area contributed by atoms with E-state index >= 15 is 0 Å². The fraction of sp³-hybridized carbons (Fsp3) is 0.857. The van der Waals surface area contributed by atoms with Crippen molar-refractivity contribution in [3.63, 3.8) is 0 Å². The van der Waals surface area contributed by atoms with Gasteiger partial charge in [-0.2, -0.15) is 0 Å². The quantitative estimate of drug-likeness (QED) is 0.742. The molecule has 0 aromatic heterocycles. The summed E-state index contributed by atoms with van der Waals surface area (Å²) in [7, 11) is 0. The minimum absolute atomic E-state index is 0.0270. The van der Waals surface area contributed by atoms with Gasteiger partial charge in [0.05, 0.1) is 6.42 Å². The van der Waals surface area contributed by atoms with Crippen molar-refractivity contribution in [3.8, 4) is 0 Å². The number of carboxylic acid groups (broad SMARTS) is 1. The molecule has 0 radical (unpaired) electrons. The van der Waals surface area contributed by atoms with E-state index < -0.39 is 5.97 Å². The van der Waals surface area contributed by atoms with Crippen LogP contribution in [0.5, 0.6) is 0 Å². The molecule has 108 valence electrons. The van der Waals surface area contributed by atoms with Gasteiger partial charge in [0.25, 0.3) is 0 Å². The molecule has 2 fully saturated rings. The van der Waals surface area contributed by atoms with Gasteiger partial charge in [-0.15, -0.1) is 0 Å². The number of carboxylic acids is 1. The molecule has 2 N–H and O–H groups in total. The molecule has 0 aromatic rings. The third-order valence-corrected chi connectivity index (χ3v) is 4.52. The van der Waals surface area contributed by atoms with Crippen LogP contribution in [0.4, 0.5) is 4.79 Å². The maximum atomic E-state index is 12.2. The molecule has 0 aromatic carbocycles. The van der Waals surface area contributed by atoms with Crippen molar-refractivity contribution in [2.24, 2.45) is 11.3 Å². The van der Waals surface area contributed by atoms with Crippen LogP contribution in [0.3, 0.4) is 0 Å². The molecule has 0 unspecified atom stereocenters. The summed E-state index contributed by atoms with van der Waals surface area (Å²) >= 11 is 0. The van der Waals surface area contributed by atoms with Gasteiger partial charge in [0.15, 0.2) is 0 Å². The first-order chi connectivity index (χ1) is 8.94. The molecular weight excluding hydrogens is 244 g/mol. The van der Waals surface area contributed by atoms with E-state index in [1.165, 1.54) is 12.8 Å². The number of urea groups is 1. The average molecular weight is 268 g/mol. The fourth-order valence-corrected chi connectivity index (χ4v) is 2.52. The second kappa shape index (κ2) is 5.39. The summed E-state index contributed by atoms with van der Waals surface area (Å²) in [5.74, 6) is -0.263. The van der Waals surface area contributed by atoms with E-state index in [2.05, 4.69) is 19.2 Å². The topological polar surface area (TPSA) is 69.6 Å². The second-order valence-electron chi connectivity index (χ2n) is 6.24. The fourth-order valence-electron chi connectivity index (χ4n) is 2.52. The minimum Gasteiger partial charge on any atom is -0.481 e. The second-order valence-corrected chi connectivity index (χ2v) is 6.24. The van der Waals surface area contributed by atoms with Crippen LogP contribution in [0.1, 0.15) is 46.0 Å². The molecule has 5 heteroatoms. The van der Waals surface area contributed by atoms with Crippen LogP contribution >= 0.6 is 0 Å². The van der Waals surface area contributed by atoms with Gasteiger partial charge in [-0.3, -0.25) is 4.79 Å². The molecule has 2 rings (SSSR count). The lowest BCUT2D eigenvalue weighted by Gasteiger charge is -2.25. The Balaban J connectivity index is 1.81. The van der Waals surface area contributed by atoms with Gasteiger partial charge >= 0.3 is 12.0 Å². The average Bonchev–Trinajstić information content (AvgIpc) is 3.20. The number of nitrogens with one attached hydrogen (secondary N) is 1. The van der Waals surface area contributed by atoms with E-state index in [0.717, 1.165) is 19.4 Å². The Morgan fingerprint density at radius 1 is 1.37 bits per heavy atom. The number of carbonyl (C=O) groups excluding carboxylic acids is 1. The third kappa shape index (κ3) is 3.61. The number of rotatable bonds is 7. The molecule has 2 amide bonds. The van der Waals surface area contributed by atoms with Gasteiger partial charge in [0, 0.05) is 19.1 Å². The van der Waals surface area contributed by atoms with E-state index in [1.54, 1.807) is 4.90 Å². The van der Waals surface area contributed by atoms with Crippen molar-refractivity contribution in [3.05, 3.63) is 0 Å². The van der Waals surface area contributed by atoms with Crippen molar-refractivity contribution in [1.29, 1.82) is 0 Å². The first-order valence-electron chi connectivity index (χ1n) is 7.21. The predicted octanol–water partition coefficient (Wildman–Crippen LogP) is 2.07. The molecule has 2 saturated carbocycles. The van der Waals surface area contributed by atoms with Crippen molar-refractivity contribution in [2.75, 3.05) is 13.1 Å². The van der Waals surface area contributed by atoms with Crippen LogP contribution in [-0.2, 0) is 4.79 Å². The molecule has 2 aliphatic rings. The summed E-state index contributed by atoms with van der Waals surface area (Å²) in [5.41, 5.74) is 0.289. The Hall–Kier alpha value is -1.26. The zero-order valence-electron chi connectivity index (χ0n) is 11.8. The summed E-state index contributed by atoms with van der Waals surface area (Å²) in [6.07, 6.45) is 4.40. The molecule has 5 nitrogen and oxygen atoms in total. The molecule has 19 heavy (non-hydrogen) atoms. The zero-order chi connectivity index (χ0) is 14.0. The Morgan fingerprint density at radius 3 is 2.42 bits per heavy atom. The summed E-state index contributed by atoms with van der Waals surface area (Å²) in [4.78, 5) is 24.5. The van der Waals surface area contributed by atoms with Crippen LogP contribution in [0.25, 0.3) is 0 Å². The third-order valence-electron chi connectivity index (χ3n) is 4.52. The Bertz CT molecular complexity index is 360. The first-order valence-corrected chi connectivity index (χ1v) is 7.21. The van der Waals surface area contributed by atoms with E-state index in [9.17, 15) is 9.59 Å². The van der Waals surface area contributed by atoms with Gasteiger partial charge in [-0.25, -0.2) is 4.79 Å². The number of amides is 2. The van der Waals surface area contributed by atoms with E-state index in [0.29, 0.717) is 12.5 Å². The van der Waals surface area contributed by atoms with Crippen LogP contribution in [0.15, 0.2) is 0 Å². The highest BCUT2D eigenvalue weighted by Gasteiger charge is 2.45. The van der Waals surface area contributed by atoms with Gasteiger partial charge in [-0.05, 0) is 37.0 Å². The van der Waals surface area contributed by atoms with Crippen LogP contribution < -0.4 is 5.32 Å². The number of aliphatic carboxylic acids is 1. The molecule has 0 heterocycles. The van der Waals surface area contributed by atoms with Gasteiger partial charge in [-0.1, -0.05) is 13.8 Å². The lowest BCUT2D eigenvalue weighted by atomic mass is 9.92. The number of hydrogen-bond acceptors (Lipinski definition) is 2. The lowest BCUT2D eigenvalue weighted by molar-refractivity contribution is -0.137. The zero-order valence-corrected chi connectivity index (χ0v) is 11.8. The summed E-state index contributed by atoms with van der Waals surface area (Å²) < 4.78 is 0. The van der Waals surface area contributed by atoms with Gasteiger partial charge in [0.2, 0.25) is 0 Å². The number of carbonyl (C=O) groups is 2. The van der Waals surface area contributed by atoms with E-state index in [1.807, 2.05) is 0 Å². The van der Waals surface area contributed by atoms with Gasteiger partial charge < -0.3 is 15.3 Å². The molecule has 0 bridgehead atoms. The van der Waals surface area contributed by atoms with E-state index in [-0.39, 0.29) is 23.9 Å². The maximum Gasteiger partial charge on any atom is 0.317 e. The van der Waals surface area contributed by atoms with Crippen LogP contribution in [0, 0.1) is 11.3 Å². The van der Waals surface area contributed by atoms with Crippen molar-refractivity contribution >= 4 is 12.0 Å². The normalized spacial score (nSPS) is 20.2. The highest BCUT2D eigenvalue weighted by molar-refractivity contribution is 5.76. The molecule has 0 aliphatic heterocycles. The Labute approximate surface area is 114 Å². The van der Waals surface area contributed by atoms with Gasteiger partial charge in [0.1, 0.15) is 0 Å². The molecule has 2 aliphatic carbocycles. The summed E-state index contributed by atoms with van der Waals surface area (Å²) in [6.45, 7) is 5.44. The Morgan fingerprint density at radius 2 is 2.00 bits per heavy atom. The van der Waals surface area contributed by atoms with E-state index in [4.69, 9.17) is 5.11 Å². The van der Waals surface area contributed by atoms with Crippen molar-refractivity contribution in [1.82, 2.24) is 10.2 Å². The number of nitrogens with zero attached hydrogens (tertiary/aromatic N) is 1. The molecule has 0 spiro atoms.